The molecule has 0 bridgehead atoms. The molecule has 0 radical (unpaired) electrons. The van der Waals surface area contributed by atoms with E-state index in [4.69, 9.17) is 33.2 Å². The van der Waals surface area contributed by atoms with Gasteiger partial charge in [0.05, 0.1) is 38.3 Å². The molecule has 8 rings (SSSR count). The Morgan fingerprint density at radius 3 is 1.87 bits per heavy atom. The molecule has 8 aliphatic rings. The summed E-state index contributed by atoms with van der Waals surface area (Å²) in [5, 5.41) is 113. The van der Waals surface area contributed by atoms with E-state index in [9.17, 15) is 56.2 Å². The molecule has 7 fully saturated rings. The summed E-state index contributed by atoms with van der Waals surface area (Å²) in [6.45, 7) is 7.74. The van der Waals surface area contributed by atoms with Gasteiger partial charge in [0.25, 0.3) is 0 Å². The number of hydrogen-bond acceptors (Lipinski definition) is 18. The molecule has 0 aromatic carbocycles. The molecule has 0 aromatic heterocycles. The van der Waals surface area contributed by atoms with Crippen molar-refractivity contribution in [3.63, 3.8) is 0 Å². The van der Waals surface area contributed by atoms with Gasteiger partial charge in [-0.1, -0.05) is 20.8 Å². The number of aliphatic hydroxyl groups excluding tert-OH is 11. The molecule has 11 N–H and O–H groups in total. The summed E-state index contributed by atoms with van der Waals surface area (Å²) in [6, 6.07) is 0. The highest BCUT2D eigenvalue weighted by molar-refractivity contribution is 5.26. The van der Waals surface area contributed by atoms with Crippen LogP contribution in [-0.2, 0) is 33.2 Å². The first kappa shape index (κ1) is 48.3. The molecular formula is C45H74O18. The lowest BCUT2D eigenvalue weighted by Gasteiger charge is -2.61. The highest BCUT2D eigenvalue weighted by Gasteiger charge is 2.65. The Kier molecular flexibility index (Phi) is 14.6. The number of aliphatic hydroxyl groups is 11. The smallest absolute Gasteiger partial charge is 0.187 e. The molecule has 25 unspecified atom stereocenters. The molecule has 3 saturated heterocycles. The standard InChI is InChI=1S/C45H74O18/c1-19(18-57-41-38(55)35(52)32(49)28(15-46)60-41)5-8-26-20(2)31-27(59-26)14-25-23-7-6-21-13-22(9-11-44(21,3)24(23)10-12-45(25,31)4)58-43-40(37(54)34(51)30(17-48)62-43)63-42-39(56)36(53)33(50)29(16-47)61-42/h19,21-25,27-43,46-56H,5-18H2,1-4H3. The van der Waals surface area contributed by atoms with Gasteiger partial charge in [0.1, 0.15) is 79.4 Å². The van der Waals surface area contributed by atoms with E-state index in [0.717, 1.165) is 70.0 Å². The Hall–Kier alpha value is -1.14. The minimum Gasteiger partial charge on any atom is -0.494 e. The average molecular weight is 903 g/mol. The van der Waals surface area contributed by atoms with E-state index in [1.165, 1.54) is 5.57 Å². The second-order valence-corrected chi connectivity index (χ2v) is 20.9. The molecule has 0 amide bonds. The van der Waals surface area contributed by atoms with E-state index in [1.807, 2.05) is 0 Å². The molecule has 63 heavy (non-hydrogen) atoms. The summed E-state index contributed by atoms with van der Waals surface area (Å²) in [6.07, 6.45) is -12.1. The van der Waals surface area contributed by atoms with Crippen molar-refractivity contribution in [2.75, 3.05) is 26.4 Å². The van der Waals surface area contributed by atoms with Crippen LogP contribution in [0.15, 0.2) is 11.3 Å². The van der Waals surface area contributed by atoms with E-state index < -0.39 is 112 Å². The summed E-state index contributed by atoms with van der Waals surface area (Å²) in [4.78, 5) is 0. The van der Waals surface area contributed by atoms with Crippen LogP contribution in [0.1, 0.15) is 91.9 Å². The number of fused-ring (bicyclic) bond motifs is 7. The monoisotopic (exact) mass is 902 g/mol. The lowest BCUT2D eigenvalue weighted by Crippen LogP contribution is -2.65. The fraction of sp³-hybridized carbons (Fsp3) is 0.956. The van der Waals surface area contributed by atoms with E-state index in [0.29, 0.717) is 29.6 Å². The molecule has 0 aromatic rings. The van der Waals surface area contributed by atoms with Gasteiger partial charge in [-0.15, -0.1) is 0 Å². The van der Waals surface area contributed by atoms with Crippen molar-refractivity contribution in [1.29, 1.82) is 0 Å². The van der Waals surface area contributed by atoms with Crippen LogP contribution in [0.25, 0.3) is 0 Å². The van der Waals surface area contributed by atoms with Gasteiger partial charge in [-0.05, 0) is 111 Å². The lowest BCUT2D eigenvalue weighted by molar-refractivity contribution is -0.373. The van der Waals surface area contributed by atoms with Gasteiger partial charge in [0.15, 0.2) is 18.9 Å². The Labute approximate surface area is 369 Å². The third kappa shape index (κ3) is 8.68. The second-order valence-electron chi connectivity index (χ2n) is 20.9. The van der Waals surface area contributed by atoms with Crippen LogP contribution in [0, 0.1) is 46.3 Å². The van der Waals surface area contributed by atoms with Crippen LogP contribution in [0.3, 0.4) is 0 Å². The Morgan fingerprint density at radius 1 is 0.635 bits per heavy atom. The van der Waals surface area contributed by atoms with Gasteiger partial charge in [-0.2, -0.15) is 0 Å². The van der Waals surface area contributed by atoms with Crippen molar-refractivity contribution in [3.8, 4) is 0 Å². The summed E-state index contributed by atoms with van der Waals surface area (Å²) < 4.78 is 42.2. The first-order chi connectivity index (χ1) is 29.9. The maximum absolute atomic E-state index is 11.2. The maximum atomic E-state index is 11.2. The van der Waals surface area contributed by atoms with E-state index in [1.54, 1.807) is 0 Å². The third-order valence-electron chi connectivity index (χ3n) is 17.4. The predicted molar refractivity (Wildman–Crippen MR) is 218 cm³/mol. The maximum Gasteiger partial charge on any atom is 0.187 e. The summed E-state index contributed by atoms with van der Waals surface area (Å²) in [5.74, 6) is 3.56. The van der Waals surface area contributed by atoms with Gasteiger partial charge in [-0.3, -0.25) is 0 Å². The van der Waals surface area contributed by atoms with Crippen LogP contribution < -0.4 is 0 Å². The number of rotatable bonds is 13. The third-order valence-corrected chi connectivity index (χ3v) is 17.4. The molecule has 18 nitrogen and oxygen atoms in total. The summed E-state index contributed by atoms with van der Waals surface area (Å²) >= 11 is 0. The highest BCUT2D eigenvalue weighted by atomic mass is 16.8. The zero-order chi connectivity index (χ0) is 45.3. The van der Waals surface area contributed by atoms with Crippen molar-refractivity contribution < 1.29 is 89.3 Å². The Bertz CT molecular complexity index is 1580. The Morgan fingerprint density at radius 2 is 1.22 bits per heavy atom. The van der Waals surface area contributed by atoms with Gasteiger partial charge >= 0.3 is 0 Å². The van der Waals surface area contributed by atoms with Crippen molar-refractivity contribution in [2.24, 2.45) is 46.3 Å². The van der Waals surface area contributed by atoms with Gasteiger partial charge < -0.3 is 89.3 Å². The zero-order valence-corrected chi connectivity index (χ0v) is 37.0. The zero-order valence-electron chi connectivity index (χ0n) is 37.0. The minimum atomic E-state index is -1.74. The molecule has 4 aliphatic carbocycles. The fourth-order valence-corrected chi connectivity index (χ4v) is 13.7. The average Bonchev–Trinajstić information content (AvgIpc) is 3.76. The predicted octanol–water partition coefficient (Wildman–Crippen LogP) is -0.830. The molecule has 4 aliphatic heterocycles. The van der Waals surface area contributed by atoms with Crippen LogP contribution in [-0.4, -0.2) is 187 Å². The minimum absolute atomic E-state index is 0.0928. The fourth-order valence-electron chi connectivity index (χ4n) is 13.7. The van der Waals surface area contributed by atoms with Crippen LogP contribution in [0.5, 0.6) is 0 Å². The second kappa shape index (κ2) is 19.1. The van der Waals surface area contributed by atoms with E-state index >= 15 is 0 Å². The molecular weight excluding hydrogens is 828 g/mol. The van der Waals surface area contributed by atoms with Gasteiger partial charge in [-0.25, -0.2) is 0 Å². The number of allylic oxidation sites excluding steroid dienone is 1. The van der Waals surface area contributed by atoms with Gasteiger partial charge in [0, 0.05) is 12.3 Å². The molecule has 362 valence electrons. The van der Waals surface area contributed by atoms with Crippen molar-refractivity contribution >= 4 is 0 Å². The van der Waals surface area contributed by atoms with Crippen molar-refractivity contribution in [2.45, 2.75) is 196 Å². The van der Waals surface area contributed by atoms with Crippen LogP contribution in [0.2, 0.25) is 0 Å². The lowest BCUT2D eigenvalue weighted by atomic mass is 9.44. The van der Waals surface area contributed by atoms with Gasteiger partial charge in [0.2, 0.25) is 0 Å². The quantitative estimate of drug-likeness (QED) is 0.101. The molecule has 25 atom stereocenters. The number of ether oxygens (including phenoxy) is 7. The SMILES string of the molecule is CC1=C(CCC(C)COC2OC(CO)C(O)C(O)C2O)OC2CC3C4CCC5CC(OC6OC(CO)C(O)C(O)C6OC6OC(CO)C(O)C(O)C6O)CCC5(C)C4CCC3(C)C12. The highest BCUT2D eigenvalue weighted by Crippen LogP contribution is 2.70. The molecule has 4 heterocycles. The molecule has 18 heteroatoms. The van der Waals surface area contributed by atoms with Crippen molar-refractivity contribution in [1.82, 2.24) is 0 Å². The summed E-state index contributed by atoms with van der Waals surface area (Å²) in [7, 11) is 0. The first-order valence-corrected chi connectivity index (χ1v) is 23.5. The topological polar surface area (TPSA) is 287 Å². The molecule has 4 saturated carbocycles. The summed E-state index contributed by atoms with van der Waals surface area (Å²) in [5.41, 5.74) is 1.57. The van der Waals surface area contributed by atoms with Crippen LogP contribution >= 0.6 is 0 Å². The van der Waals surface area contributed by atoms with E-state index in [-0.39, 0.29) is 35.6 Å². The Balaban J connectivity index is 0.872. The molecule has 0 spiro atoms. The first-order valence-electron chi connectivity index (χ1n) is 23.5. The van der Waals surface area contributed by atoms with E-state index in [2.05, 4.69) is 27.7 Å². The largest absolute Gasteiger partial charge is 0.494 e. The number of hydrogen-bond donors (Lipinski definition) is 11. The van der Waals surface area contributed by atoms with Crippen LogP contribution in [0.4, 0.5) is 0 Å². The normalized spacial score (nSPS) is 52.7. The van der Waals surface area contributed by atoms with Crippen molar-refractivity contribution in [3.05, 3.63) is 11.3 Å².